The van der Waals surface area contributed by atoms with Gasteiger partial charge in [-0.3, -0.25) is 9.97 Å². The monoisotopic (exact) mass is 507 g/mol. The summed E-state index contributed by atoms with van der Waals surface area (Å²) in [6.07, 6.45) is 4.65. The summed E-state index contributed by atoms with van der Waals surface area (Å²) >= 11 is 0. The van der Waals surface area contributed by atoms with Gasteiger partial charge in [0, 0.05) is 20.1 Å². The molecule has 0 N–H and O–H groups in total. The third-order valence-corrected chi connectivity index (χ3v) is 2.96. The van der Waals surface area contributed by atoms with Crippen molar-refractivity contribution in [3.05, 3.63) is 73.3 Å². The number of rotatable bonds is 2. The molecule has 0 atom stereocenters. The zero-order valence-electron chi connectivity index (χ0n) is 13.4. The molecule has 125 valence electrons. The normalized spacial score (nSPS) is 11.6. The Morgan fingerprint density at radius 2 is 1.68 bits per heavy atom. The molecule has 0 amide bonds. The van der Waals surface area contributed by atoms with Gasteiger partial charge in [-0.15, -0.1) is 52.6 Å². The predicted molar refractivity (Wildman–Crippen MR) is 89.0 cm³/mol. The van der Waals surface area contributed by atoms with E-state index >= 15 is 0 Å². The van der Waals surface area contributed by atoms with E-state index in [-0.39, 0.29) is 20.1 Å². The fraction of sp³-hybridized carbons (Fsp3) is 0.0556. The van der Waals surface area contributed by atoms with Crippen molar-refractivity contribution in [3.63, 3.8) is 0 Å². The molecule has 1 aromatic heterocycles. The molecule has 0 saturated heterocycles. The first kappa shape index (κ1) is 18.5. The Labute approximate surface area is 159 Å². The summed E-state index contributed by atoms with van der Waals surface area (Å²) in [6, 6.07) is 24.3. The van der Waals surface area contributed by atoms with Crippen LogP contribution >= 0.6 is 0 Å². The molecule has 4 rings (SSSR count). The van der Waals surface area contributed by atoms with Crippen LogP contribution in [0.5, 0.6) is 0 Å². The average Bonchev–Trinajstić information content (AvgIpc) is 3.11. The quantitative estimate of drug-likeness (QED) is 0.396. The summed E-state index contributed by atoms with van der Waals surface area (Å²) in [7, 11) is 1.88. The summed E-state index contributed by atoms with van der Waals surface area (Å²) < 4.78 is 3.42. The van der Waals surface area contributed by atoms with Crippen LogP contribution in [-0.4, -0.2) is 43.6 Å². The number of para-hydroxylation sites is 1. The summed E-state index contributed by atoms with van der Waals surface area (Å²) in [5.74, 6) is 0.658. The smallest absolute Gasteiger partial charge is 0.266 e. The Balaban J connectivity index is 0.000000173. The van der Waals surface area contributed by atoms with Crippen molar-refractivity contribution in [2.24, 2.45) is 5.10 Å². The predicted octanol–water partition coefficient (Wildman–Crippen LogP) is 2.24. The molecular formula is C18H14IrN6. The summed E-state index contributed by atoms with van der Waals surface area (Å²) in [5.41, 5.74) is 1.79. The van der Waals surface area contributed by atoms with Crippen LogP contribution in [-0.2, 0) is 20.1 Å². The van der Waals surface area contributed by atoms with Crippen LogP contribution in [0, 0.1) is 12.1 Å². The van der Waals surface area contributed by atoms with Crippen molar-refractivity contribution >= 4 is 18.0 Å². The van der Waals surface area contributed by atoms with Gasteiger partial charge in [-0.25, -0.2) is 4.98 Å². The van der Waals surface area contributed by atoms with Gasteiger partial charge in [0.1, 0.15) is 25.4 Å². The molecule has 0 bridgehead atoms. The number of hydrogen-bond donors (Lipinski definition) is 0. The van der Waals surface area contributed by atoms with Gasteiger partial charge in [0.25, 0.3) is 0 Å². The third-order valence-electron chi connectivity index (χ3n) is 2.96. The van der Waals surface area contributed by atoms with Crippen molar-refractivity contribution in [2.75, 3.05) is 7.05 Å². The topological polar surface area (TPSA) is 57.0 Å². The SMILES string of the molecule is C[N+]1=C=[N+](c2[c-]cccc2)N=C1.[Ir].[c-]1ccccc1-c1ncncn1. The van der Waals surface area contributed by atoms with Gasteiger partial charge >= 0.3 is 12.3 Å². The second kappa shape index (κ2) is 9.45. The zero-order chi connectivity index (χ0) is 16.6. The molecule has 0 fully saturated rings. The molecule has 2 aromatic carbocycles. The van der Waals surface area contributed by atoms with Gasteiger partial charge in [0.15, 0.2) is 0 Å². The van der Waals surface area contributed by atoms with Crippen LogP contribution in [0.15, 0.2) is 66.3 Å². The van der Waals surface area contributed by atoms with Gasteiger partial charge in [0.05, 0.1) is 10.5 Å². The molecule has 0 unspecified atom stereocenters. The molecule has 0 aliphatic carbocycles. The Morgan fingerprint density at radius 1 is 0.960 bits per heavy atom. The number of hydrogen-bond acceptors (Lipinski definition) is 4. The molecular weight excluding hydrogens is 492 g/mol. The summed E-state index contributed by atoms with van der Waals surface area (Å²) in [5, 5.41) is 4.08. The molecule has 6 nitrogen and oxygen atoms in total. The van der Waals surface area contributed by atoms with Gasteiger partial charge in [-0.1, -0.05) is 0 Å². The van der Waals surface area contributed by atoms with Gasteiger partial charge in [0.2, 0.25) is 5.10 Å². The van der Waals surface area contributed by atoms with Crippen molar-refractivity contribution < 1.29 is 29.4 Å². The molecule has 0 spiro atoms. The van der Waals surface area contributed by atoms with E-state index in [1.165, 1.54) is 12.7 Å². The number of aromatic nitrogens is 3. The van der Waals surface area contributed by atoms with Crippen molar-refractivity contribution in [1.29, 1.82) is 0 Å². The Kier molecular flexibility index (Phi) is 6.99. The molecule has 3 aromatic rings. The van der Waals surface area contributed by atoms with Crippen LogP contribution in [0.3, 0.4) is 0 Å². The molecule has 1 aliphatic rings. The molecule has 1 aliphatic heterocycles. The van der Waals surface area contributed by atoms with Gasteiger partial charge < -0.3 is 0 Å². The molecule has 0 saturated carbocycles. The number of benzene rings is 2. The third kappa shape index (κ3) is 5.33. The minimum atomic E-state index is 0. The Hall–Kier alpha value is -2.85. The largest absolute Gasteiger partial charge is 0.420 e. The summed E-state index contributed by atoms with van der Waals surface area (Å²) in [4.78, 5) is 11.7. The Bertz CT molecular complexity index is 851. The van der Waals surface area contributed by atoms with Crippen LogP contribution < -0.4 is 0 Å². The molecule has 25 heavy (non-hydrogen) atoms. The maximum absolute atomic E-state index is 4.08. The van der Waals surface area contributed by atoms with E-state index in [2.05, 4.69) is 38.2 Å². The number of hydrazone groups is 1. The fourth-order valence-electron chi connectivity index (χ4n) is 1.87. The van der Waals surface area contributed by atoms with Crippen molar-refractivity contribution in [1.82, 2.24) is 15.0 Å². The van der Waals surface area contributed by atoms with Gasteiger partial charge in [-0.05, 0) is 0 Å². The Morgan fingerprint density at radius 3 is 2.24 bits per heavy atom. The second-order valence-electron chi connectivity index (χ2n) is 4.74. The van der Waals surface area contributed by atoms with E-state index in [1.807, 2.05) is 55.6 Å². The maximum atomic E-state index is 4.08. The first-order valence-electron chi connectivity index (χ1n) is 7.22. The molecule has 1 radical (unpaired) electrons. The van der Waals surface area contributed by atoms with Gasteiger partial charge in [-0.2, -0.15) is 18.2 Å². The van der Waals surface area contributed by atoms with E-state index in [1.54, 1.807) is 15.6 Å². The summed E-state index contributed by atoms with van der Waals surface area (Å²) in [6.45, 7) is 0. The first-order valence-corrected chi connectivity index (χ1v) is 7.22. The fourth-order valence-corrected chi connectivity index (χ4v) is 1.87. The molecule has 2 heterocycles. The van der Waals surface area contributed by atoms with E-state index in [9.17, 15) is 0 Å². The average molecular weight is 507 g/mol. The van der Waals surface area contributed by atoms with Crippen molar-refractivity contribution in [2.45, 2.75) is 0 Å². The minimum absolute atomic E-state index is 0. The number of nitrogens with zero attached hydrogens (tertiary/aromatic N) is 6. The maximum Gasteiger partial charge on any atom is 0.420 e. The van der Waals surface area contributed by atoms with Crippen LogP contribution in [0.25, 0.3) is 11.4 Å². The standard InChI is InChI=1S/C9H8N3.C9H6N3.Ir/c1-11-7-10-12(8-11)9-5-3-2-4-6-9;1-2-4-8(5-3-1)9-11-6-10-7-12-9;/h2-5,7H,1H3;1-4,6-7H;/q+1;-1;. The van der Waals surface area contributed by atoms with E-state index in [4.69, 9.17) is 0 Å². The van der Waals surface area contributed by atoms with Crippen LogP contribution in [0.1, 0.15) is 0 Å². The molecule has 7 heteroatoms. The van der Waals surface area contributed by atoms with E-state index in [0.717, 1.165) is 11.3 Å². The van der Waals surface area contributed by atoms with Crippen LogP contribution in [0.2, 0.25) is 0 Å². The van der Waals surface area contributed by atoms with E-state index < -0.39 is 0 Å². The zero-order valence-corrected chi connectivity index (χ0v) is 15.8. The van der Waals surface area contributed by atoms with Crippen molar-refractivity contribution in [3.8, 4) is 11.4 Å². The van der Waals surface area contributed by atoms with E-state index in [0.29, 0.717) is 5.82 Å². The second-order valence-corrected chi connectivity index (χ2v) is 4.74. The minimum Gasteiger partial charge on any atom is -0.266 e. The first-order chi connectivity index (χ1) is 11.8. The van der Waals surface area contributed by atoms with Crippen LogP contribution in [0.4, 0.5) is 5.69 Å².